The van der Waals surface area contributed by atoms with Gasteiger partial charge in [-0.2, -0.15) is 0 Å². The molecule has 0 unspecified atom stereocenters. The summed E-state index contributed by atoms with van der Waals surface area (Å²) in [4.78, 5) is 31.1. The molecule has 0 atom stereocenters. The van der Waals surface area contributed by atoms with Crippen LogP contribution in [0.25, 0.3) is 0 Å². The fraction of sp³-hybridized carbons (Fsp3) is 0.381. The number of anilines is 1. The molecule has 0 bridgehead atoms. The van der Waals surface area contributed by atoms with E-state index < -0.39 is 5.97 Å². The highest BCUT2D eigenvalue weighted by molar-refractivity contribution is 5.77. The summed E-state index contributed by atoms with van der Waals surface area (Å²) in [5.41, 5.74) is 1.11. The Bertz CT molecular complexity index is 772. The van der Waals surface area contributed by atoms with E-state index >= 15 is 0 Å². The largest absolute Gasteiger partial charge is 0.487 e. The molecule has 2 aromatic rings. The van der Waals surface area contributed by atoms with Gasteiger partial charge in [-0.25, -0.2) is 4.98 Å². The standard InChI is InChI=1S/C21H25N3O4/c25-20(7-4-8-21(26)27)24-13-11-23(12-14-24)19-10-9-18(15-22-19)28-16-17-5-2-1-3-6-17/h1-3,5-6,9-10,15H,4,7-8,11-14,16H2,(H,26,27). The van der Waals surface area contributed by atoms with Crippen molar-refractivity contribution in [2.45, 2.75) is 25.9 Å². The van der Waals surface area contributed by atoms with Crippen LogP contribution in [0.5, 0.6) is 5.75 Å². The molecule has 0 saturated carbocycles. The lowest BCUT2D eigenvalue weighted by Gasteiger charge is -2.35. The Hall–Kier alpha value is -3.09. The van der Waals surface area contributed by atoms with E-state index in [0.717, 1.165) is 17.1 Å². The molecule has 0 spiro atoms. The SMILES string of the molecule is O=C(O)CCCC(=O)N1CCN(c2ccc(OCc3ccccc3)cn2)CC1. The van der Waals surface area contributed by atoms with Gasteiger partial charge in [0.1, 0.15) is 18.2 Å². The maximum atomic E-state index is 12.1. The Morgan fingerprint density at radius 3 is 2.39 bits per heavy atom. The van der Waals surface area contributed by atoms with Crippen molar-refractivity contribution in [3.63, 3.8) is 0 Å². The average molecular weight is 383 g/mol. The summed E-state index contributed by atoms with van der Waals surface area (Å²) in [5, 5.41) is 8.66. The molecule has 1 amide bonds. The molecule has 7 heteroatoms. The first-order valence-corrected chi connectivity index (χ1v) is 9.49. The molecule has 1 aliphatic heterocycles. The molecule has 148 valence electrons. The van der Waals surface area contributed by atoms with E-state index in [1.165, 1.54) is 0 Å². The Kier molecular flexibility index (Phi) is 6.84. The van der Waals surface area contributed by atoms with Gasteiger partial charge in [0.2, 0.25) is 5.91 Å². The number of hydrogen-bond donors (Lipinski definition) is 1. The highest BCUT2D eigenvalue weighted by atomic mass is 16.5. The van der Waals surface area contributed by atoms with Crippen LogP contribution in [0.1, 0.15) is 24.8 Å². The zero-order chi connectivity index (χ0) is 19.8. The average Bonchev–Trinajstić information content (AvgIpc) is 2.73. The number of carbonyl (C=O) groups is 2. The fourth-order valence-electron chi connectivity index (χ4n) is 3.12. The van der Waals surface area contributed by atoms with Crippen LogP contribution in [0.2, 0.25) is 0 Å². The number of rotatable bonds is 8. The van der Waals surface area contributed by atoms with E-state index in [-0.39, 0.29) is 18.7 Å². The zero-order valence-corrected chi connectivity index (χ0v) is 15.8. The third kappa shape index (κ3) is 5.70. The summed E-state index contributed by atoms with van der Waals surface area (Å²) in [5.74, 6) is 0.753. The molecular weight excluding hydrogens is 358 g/mol. The van der Waals surface area contributed by atoms with Crippen LogP contribution >= 0.6 is 0 Å². The van der Waals surface area contributed by atoms with Crippen molar-refractivity contribution in [1.82, 2.24) is 9.88 Å². The number of carboxylic acid groups (broad SMARTS) is 1. The van der Waals surface area contributed by atoms with E-state index in [2.05, 4.69) is 9.88 Å². The number of nitrogens with zero attached hydrogens (tertiary/aromatic N) is 3. The van der Waals surface area contributed by atoms with Crippen molar-refractivity contribution in [3.8, 4) is 5.75 Å². The summed E-state index contributed by atoms with van der Waals surface area (Å²) in [6, 6.07) is 13.8. The summed E-state index contributed by atoms with van der Waals surface area (Å²) in [6.07, 6.45) is 2.44. The van der Waals surface area contributed by atoms with Crippen LogP contribution in [0, 0.1) is 0 Å². The number of hydrogen-bond acceptors (Lipinski definition) is 5. The summed E-state index contributed by atoms with van der Waals surface area (Å²) >= 11 is 0. The molecule has 0 radical (unpaired) electrons. The first kappa shape index (κ1) is 19.7. The number of pyridine rings is 1. The fourth-order valence-corrected chi connectivity index (χ4v) is 3.12. The Morgan fingerprint density at radius 1 is 1.00 bits per heavy atom. The predicted molar refractivity (Wildman–Crippen MR) is 105 cm³/mol. The van der Waals surface area contributed by atoms with Crippen LogP contribution in [0.3, 0.4) is 0 Å². The number of aliphatic carboxylic acids is 1. The van der Waals surface area contributed by atoms with Crippen molar-refractivity contribution < 1.29 is 19.4 Å². The third-order valence-electron chi connectivity index (χ3n) is 4.71. The van der Waals surface area contributed by atoms with Gasteiger partial charge in [0.15, 0.2) is 0 Å². The summed E-state index contributed by atoms with van der Waals surface area (Å²) < 4.78 is 5.76. The van der Waals surface area contributed by atoms with Crippen molar-refractivity contribution in [2.24, 2.45) is 0 Å². The maximum Gasteiger partial charge on any atom is 0.303 e. The maximum absolute atomic E-state index is 12.1. The van der Waals surface area contributed by atoms with Crippen LogP contribution in [0.4, 0.5) is 5.82 Å². The van der Waals surface area contributed by atoms with Gasteiger partial charge in [0.25, 0.3) is 0 Å². The molecule has 28 heavy (non-hydrogen) atoms. The van der Waals surface area contributed by atoms with Crippen LogP contribution in [0.15, 0.2) is 48.7 Å². The minimum Gasteiger partial charge on any atom is -0.487 e. The lowest BCUT2D eigenvalue weighted by atomic mass is 10.2. The Balaban J connectivity index is 1.44. The quantitative estimate of drug-likeness (QED) is 0.754. The van der Waals surface area contributed by atoms with Gasteiger partial charge in [-0.1, -0.05) is 30.3 Å². The molecule has 1 aromatic heterocycles. The van der Waals surface area contributed by atoms with Crippen molar-refractivity contribution in [1.29, 1.82) is 0 Å². The summed E-state index contributed by atoms with van der Waals surface area (Å²) in [6.45, 7) is 3.17. The molecule has 1 fully saturated rings. The molecule has 1 aromatic carbocycles. The van der Waals surface area contributed by atoms with Gasteiger partial charge in [0, 0.05) is 39.0 Å². The molecule has 3 rings (SSSR count). The molecule has 1 saturated heterocycles. The monoisotopic (exact) mass is 383 g/mol. The van der Waals surface area contributed by atoms with Gasteiger partial charge < -0.3 is 19.6 Å². The van der Waals surface area contributed by atoms with Crippen molar-refractivity contribution >= 4 is 17.7 Å². The number of benzene rings is 1. The van der Waals surface area contributed by atoms with Gasteiger partial charge >= 0.3 is 5.97 Å². The van der Waals surface area contributed by atoms with Crippen LogP contribution < -0.4 is 9.64 Å². The number of ether oxygens (including phenoxy) is 1. The highest BCUT2D eigenvalue weighted by Crippen LogP contribution is 2.19. The van der Waals surface area contributed by atoms with Gasteiger partial charge in [-0.3, -0.25) is 9.59 Å². The lowest BCUT2D eigenvalue weighted by molar-refractivity contribution is -0.137. The van der Waals surface area contributed by atoms with Crippen molar-refractivity contribution in [3.05, 3.63) is 54.2 Å². The van der Waals surface area contributed by atoms with Crippen LogP contribution in [-0.2, 0) is 16.2 Å². The number of amides is 1. The second-order valence-electron chi connectivity index (χ2n) is 6.74. The number of carboxylic acids is 1. The third-order valence-corrected chi connectivity index (χ3v) is 4.71. The first-order chi connectivity index (χ1) is 13.6. The molecule has 1 N–H and O–H groups in total. The Labute approximate surface area is 164 Å². The molecule has 1 aliphatic rings. The second kappa shape index (κ2) is 9.73. The van der Waals surface area contributed by atoms with E-state index in [0.29, 0.717) is 39.2 Å². The molecule has 0 aliphatic carbocycles. The summed E-state index contributed by atoms with van der Waals surface area (Å²) in [7, 11) is 0. The first-order valence-electron chi connectivity index (χ1n) is 9.49. The van der Waals surface area contributed by atoms with E-state index in [9.17, 15) is 9.59 Å². The number of carbonyl (C=O) groups excluding carboxylic acids is 1. The zero-order valence-electron chi connectivity index (χ0n) is 15.8. The lowest BCUT2D eigenvalue weighted by Crippen LogP contribution is -2.49. The van der Waals surface area contributed by atoms with Gasteiger partial charge in [-0.05, 0) is 24.1 Å². The topological polar surface area (TPSA) is 83.0 Å². The van der Waals surface area contributed by atoms with E-state index in [4.69, 9.17) is 9.84 Å². The highest BCUT2D eigenvalue weighted by Gasteiger charge is 2.21. The normalized spacial score (nSPS) is 14.0. The van der Waals surface area contributed by atoms with Crippen molar-refractivity contribution in [2.75, 3.05) is 31.1 Å². The van der Waals surface area contributed by atoms with Gasteiger partial charge in [-0.15, -0.1) is 0 Å². The predicted octanol–water partition coefficient (Wildman–Crippen LogP) is 2.56. The van der Waals surface area contributed by atoms with Gasteiger partial charge in [0.05, 0.1) is 6.20 Å². The van der Waals surface area contributed by atoms with Crippen LogP contribution in [-0.4, -0.2) is 53.0 Å². The molecule has 2 heterocycles. The minimum atomic E-state index is -0.861. The molecular formula is C21H25N3O4. The Morgan fingerprint density at radius 2 is 1.75 bits per heavy atom. The van der Waals surface area contributed by atoms with E-state index in [1.807, 2.05) is 42.5 Å². The number of aromatic nitrogens is 1. The second-order valence-corrected chi connectivity index (χ2v) is 6.74. The smallest absolute Gasteiger partial charge is 0.303 e. The number of piperazine rings is 1. The minimum absolute atomic E-state index is 0.0264. The van der Waals surface area contributed by atoms with E-state index in [1.54, 1.807) is 11.1 Å². The molecule has 7 nitrogen and oxygen atoms in total.